The molecule has 2 aromatic carbocycles. The van der Waals surface area contributed by atoms with Gasteiger partial charge in [-0.05, 0) is 75.7 Å². The van der Waals surface area contributed by atoms with Crippen LogP contribution in [0.5, 0.6) is 5.88 Å². The van der Waals surface area contributed by atoms with Crippen molar-refractivity contribution in [1.29, 1.82) is 0 Å². The van der Waals surface area contributed by atoms with Crippen LogP contribution in [-0.2, 0) is 15.9 Å². The smallest absolute Gasteiger partial charge is 0.410 e. The van der Waals surface area contributed by atoms with E-state index in [1.54, 1.807) is 36.1 Å². The van der Waals surface area contributed by atoms with Crippen LogP contribution in [0.4, 0.5) is 21.9 Å². The molecular formula is C31H36Cl2N4O5. The molecule has 1 aliphatic rings. The number of aromatic nitrogens is 1. The number of rotatable bonds is 8. The van der Waals surface area contributed by atoms with Gasteiger partial charge in [-0.2, -0.15) is 0 Å². The van der Waals surface area contributed by atoms with E-state index in [9.17, 15) is 9.59 Å². The van der Waals surface area contributed by atoms with Gasteiger partial charge in [0.15, 0.2) is 0 Å². The molecule has 0 unspecified atom stereocenters. The van der Waals surface area contributed by atoms with E-state index in [0.29, 0.717) is 54.0 Å². The summed E-state index contributed by atoms with van der Waals surface area (Å²) in [5, 5.41) is 4.39. The highest BCUT2D eigenvalue weighted by atomic mass is 35.5. The quantitative estimate of drug-likeness (QED) is 0.272. The third kappa shape index (κ3) is 7.77. The van der Waals surface area contributed by atoms with Crippen LogP contribution < -0.4 is 15.0 Å². The largest absolute Gasteiger partial charge is 0.480 e. The maximum absolute atomic E-state index is 13.0. The van der Waals surface area contributed by atoms with Gasteiger partial charge in [0.25, 0.3) is 0 Å². The molecule has 3 aromatic rings. The molecular weight excluding hydrogens is 579 g/mol. The van der Waals surface area contributed by atoms with E-state index in [2.05, 4.69) is 15.2 Å². The first-order valence-corrected chi connectivity index (χ1v) is 14.5. The topological polar surface area (TPSA) is 93.2 Å². The average molecular weight is 616 g/mol. The number of hydrogen-bond acceptors (Lipinski definition) is 8. The van der Waals surface area contributed by atoms with Crippen molar-refractivity contribution in [2.24, 2.45) is 0 Å². The van der Waals surface area contributed by atoms with E-state index in [-0.39, 0.29) is 24.1 Å². The SMILES string of the molecule is CCOC(=O)c1c(Nc2ccc(N3CCN(C(=O)OC(C)(C)C)CC3)cc2)cc(Cc2c(Cl)cccc2Cl)nc1OC. The van der Waals surface area contributed by atoms with Gasteiger partial charge in [0.2, 0.25) is 5.88 Å². The minimum atomic E-state index is -0.550. The van der Waals surface area contributed by atoms with Gasteiger partial charge in [-0.15, -0.1) is 0 Å². The molecule has 1 amide bonds. The lowest BCUT2D eigenvalue weighted by molar-refractivity contribution is 0.0240. The lowest BCUT2D eigenvalue weighted by atomic mass is 10.1. The average Bonchev–Trinajstić information content (AvgIpc) is 2.94. The number of nitrogens with zero attached hydrogens (tertiary/aromatic N) is 3. The minimum Gasteiger partial charge on any atom is -0.480 e. The molecule has 0 bridgehead atoms. The Morgan fingerprint density at radius 1 is 1.00 bits per heavy atom. The predicted octanol–water partition coefficient (Wildman–Crippen LogP) is 6.97. The summed E-state index contributed by atoms with van der Waals surface area (Å²) < 4.78 is 16.3. The van der Waals surface area contributed by atoms with E-state index in [1.165, 1.54) is 7.11 Å². The van der Waals surface area contributed by atoms with E-state index in [4.69, 9.17) is 37.4 Å². The van der Waals surface area contributed by atoms with Crippen molar-refractivity contribution >= 4 is 52.3 Å². The van der Waals surface area contributed by atoms with Gasteiger partial charge in [-0.25, -0.2) is 14.6 Å². The van der Waals surface area contributed by atoms with Crippen molar-refractivity contribution in [3.8, 4) is 5.88 Å². The zero-order valence-corrected chi connectivity index (χ0v) is 26.0. The number of halogens is 2. The number of methoxy groups -OCH3 is 1. The van der Waals surface area contributed by atoms with Crippen LogP contribution in [0.15, 0.2) is 48.5 Å². The van der Waals surface area contributed by atoms with Crippen LogP contribution in [-0.4, -0.2) is 67.4 Å². The number of nitrogens with one attached hydrogen (secondary N) is 1. The van der Waals surface area contributed by atoms with Crippen molar-refractivity contribution in [2.75, 3.05) is 50.1 Å². The molecule has 1 aromatic heterocycles. The second-order valence-electron chi connectivity index (χ2n) is 10.8. The number of amides is 1. The Labute approximate surface area is 256 Å². The molecule has 0 saturated carbocycles. The Kier molecular flexibility index (Phi) is 10.1. The first-order chi connectivity index (χ1) is 20.0. The summed E-state index contributed by atoms with van der Waals surface area (Å²) in [6.07, 6.45) is 0.0454. The molecule has 0 atom stereocenters. The molecule has 0 aliphatic carbocycles. The summed E-state index contributed by atoms with van der Waals surface area (Å²) in [6, 6.07) is 15.0. The van der Waals surface area contributed by atoms with Gasteiger partial charge in [-0.1, -0.05) is 29.3 Å². The van der Waals surface area contributed by atoms with Crippen LogP contribution in [0.2, 0.25) is 10.0 Å². The Balaban J connectivity index is 1.54. The Hall–Kier alpha value is -3.69. The highest BCUT2D eigenvalue weighted by Crippen LogP contribution is 2.33. The fourth-order valence-corrected chi connectivity index (χ4v) is 5.11. The van der Waals surface area contributed by atoms with Gasteiger partial charge >= 0.3 is 12.1 Å². The van der Waals surface area contributed by atoms with E-state index in [1.807, 2.05) is 45.0 Å². The van der Waals surface area contributed by atoms with Crippen molar-refractivity contribution in [3.63, 3.8) is 0 Å². The highest BCUT2D eigenvalue weighted by molar-refractivity contribution is 6.36. The summed E-state index contributed by atoms with van der Waals surface area (Å²) in [6.45, 7) is 10.1. The lowest BCUT2D eigenvalue weighted by Crippen LogP contribution is -2.50. The van der Waals surface area contributed by atoms with Gasteiger partial charge in [-0.3, -0.25) is 0 Å². The molecule has 1 aliphatic heterocycles. The number of piperazine rings is 1. The van der Waals surface area contributed by atoms with Gasteiger partial charge in [0.1, 0.15) is 11.2 Å². The first kappa shape index (κ1) is 31.3. The molecule has 2 heterocycles. The van der Waals surface area contributed by atoms with E-state index < -0.39 is 11.6 Å². The summed E-state index contributed by atoms with van der Waals surface area (Å²) in [5.41, 5.74) is 3.26. The first-order valence-electron chi connectivity index (χ1n) is 13.8. The fourth-order valence-electron chi connectivity index (χ4n) is 4.58. The molecule has 11 heteroatoms. The third-order valence-electron chi connectivity index (χ3n) is 6.57. The number of hydrogen-bond donors (Lipinski definition) is 1. The highest BCUT2D eigenvalue weighted by Gasteiger charge is 2.26. The number of benzene rings is 2. The molecule has 4 rings (SSSR count). The third-order valence-corrected chi connectivity index (χ3v) is 7.28. The van der Waals surface area contributed by atoms with Gasteiger partial charge in [0, 0.05) is 54.0 Å². The number of anilines is 3. The van der Waals surface area contributed by atoms with Crippen LogP contribution >= 0.6 is 23.2 Å². The molecule has 1 saturated heterocycles. The Morgan fingerprint density at radius 2 is 1.64 bits per heavy atom. The summed E-state index contributed by atoms with van der Waals surface area (Å²) in [7, 11) is 1.46. The van der Waals surface area contributed by atoms with E-state index >= 15 is 0 Å². The number of carbonyl (C=O) groups is 2. The van der Waals surface area contributed by atoms with Crippen molar-refractivity contribution < 1.29 is 23.8 Å². The minimum absolute atomic E-state index is 0.135. The summed E-state index contributed by atoms with van der Waals surface area (Å²) in [4.78, 5) is 33.9. The summed E-state index contributed by atoms with van der Waals surface area (Å²) >= 11 is 12.8. The van der Waals surface area contributed by atoms with Gasteiger partial charge in [0.05, 0.1) is 25.1 Å². The molecule has 1 N–H and O–H groups in total. The van der Waals surface area contributed by atoms with Crippen LogP contribution in [0.1, 0.15) is 49.3 Å². The lowest BCUT2D eigenvalue weighted by Gasteiger charge is -2.36. The maximum Gasteiger partial charge on any atom is 0.410 e. The fraction of sp³-hybridized carbons (Fsp3) is 0.387. The van der Waals surface area contributed by atoms with Crippen LogP contribution in [0, 0.1) is 0 Å². The summed E-state index contributed by atoms with van der Waals surface area (Å²) in [5.74, 6) is -0.415. The molecule has 1 fully saturated rings. The van der Waals surface area contributed by atoms with Gasteiger partial charge < -0.3 is 29.3 Å². The monoisotopic (exact) mass is 614 g/mol. The number of pyridine rings is 1. The van der Waals surface area contributed by atoms with Crippen molar-refractivity contribution in [3.05, 3.63) is 75.4 Å². The molecule has 0 spiro atoms. The van der Waals surface area contributed by atoms with Crippen LogP contribution in [0.3, 0.4) is 0 Å². The number of carbonyl (C=O) groups excluding carboxylic acids is 2. The molecule has 0 radical (unpaired) electrons. The molecule has 42 heavy (non-hydrogen) atoms. The number of esters is 1. The zero-order chi connectivity index (χ0) is 30.4. The van der Waals surface area contributed by atoms with E-state index in [0.717, 1.165) is 16.9 Å². The normalized spacial score (nSPS) is 13.5. The molecule has 224 valence electrons. The second-order valence-corrected chi connectivity index (χ2v) is 11.6. The molecule has 9 nitrogen and oxygen atoms in total. The number of ether oxygens (including phenoxy) is 3. The van der Waals surface area contributed by atoms with Crippen LogP contribution in [0.25, 0.3) is 0 Å². The zero-order valence-electron chi connectivity index (χ0n) is 24.5. The Bertz CT molecular complexity index is 1400. The predicted molar refractivity (Wildman–Crippen MR) is 166 cm³/mol. The van der Waals surface area contributed by atoms with Crippen molar-refractivity contribution in [2.45, 2.75) is 39.7 Å². The maximum atomic E-state index is 13.0. The Morgan fingerprint density at radius 3 is 2.21 bits per heavy atom. The second kappa shape index (κ2) is 13.5. The standard InChI is InChI=1S/C31H36Cl2N4O5/c1-6-41-29(38)27-26(19-21(35-28(27)40-5)18-23-24(32)8-7-9-25(23)33)34-20-10-12-22(13-11-20)36-14-16-37(17-15-36)30(39)42-31(2,3)4/h7-13,19H,6,14-18H2,1-5H3,(H,34,35). The van der Waals surface area contributed by atoms with Crippen molar-refractivity contribution in [1.82, 2.24) is 9.88 Å².